The van der Waals surface area contributed by atoms with Crippen LogP contribution in [0.5, 0.6) is 5.75 Å². The Morgan fingerprint density at radius 1 is 1.29 bits per heavy atom. The second-order valence-corrected chi connectivity index (χ2v) is 5.52. The van der Waals surface area contributed by atoms with E-state index in [1.807, 2.05) is 18.2 Å². The number of hydrogen-bond donors (Lipinski definition) is 1. The van der Waals surface area contributed by atoms with Crippen molar-refractivity contribution in [2.24, 2.45) is 0 Å². The molecule has 1 fully saturated rings. The molecule has 0 amide bonds. The van der Waals surface area contributed by atoms with Gasteiger partial charge in [-0.15, -0.1) is 0 Å². The lowest BCUT2D eigenvalue weighted by Gasteiger charge is -2.17. The van der Waals surface area contributed by atoms with Gasteiger partial charge in [0, 0.05) is 31.3 Å². The van der Waals surface area contributed by atoms with Crippen molar-refractivity contribution in [2.75, 3.05) is 20.2 Å². The standard InChI is InChI=1S/C17H20N2O2/c1-21-16-5-3-2-4-15(16)14-8-9-19(12-14)11-13-6-7-17(20)18-10-13/h2-7,10,14H,8-9,11-12H2,1H3,(H,18,20). The van der Waals surface area contributed by atoms with Crippen molar-refractivity contribution >= 4 is 0 Å². The average molecular weight is 284 g/mol. The van der Waals surface area contributed by atoms with Crippen LogP contribution in [-0.2, 0) is 6.54 Å². The molecule has 2 aromatic rings. The highest BCUT2D eigenvalue weighted by Gasteiger charge is 2.25. The number of nitrogens with one attached hydrogen (secondary N) is 1. The number of methoxy groups -OCH3 is 1. The van der Waals surface area contributed by atoms with Crippen LogP contribution in [0, 0.1) is 0 Å². The molecule has 1 aliphatic rings. The Bertz CT molecular complexity index is 645. The summed E-state index contributed by atoms with van der Waals surface area (Å²) in [7, 11) is 1.73. The molecule has 4 heteroatoms. The highest BCUT2D eigenvalue weighted by atomic mass is 16.5. The molecule has 21 heavy (non-hydrogen) atoms. The van der Waals surface area contributed by atoms with Gasteiger partial charge in [0.2, 0.25) is 5.56 Å². The Morgan fingerprint density at radius 2 is 2.14 bits per heavy atom. The van der Waals surface area contributed by atoms with Crippen LogP contribution in [0.15, 0.2) is 47.4 Å². The highest BCUT2D eigenvalue weighted by Crippen LogP contribution is 2.33. The summed E-state index contributed by atoms with van der Waals surface area (Å²) in [5.74, 6) is 1.50. The summed E-state index contributed by atoms with van der Waals surface area (Å²) in [5.41, 5.74) is 2.39. The summed E-state index contributed by atoms with van der Waals surface area (Å²) in [6.07, 6.45) is 2.95. The monoisotopic (exact) mass is 284 g/mol. The van der Waals surface area contributed by atoms with E-state index in [0.717, 1.165) is 37.4 Å². The van der Waals surface area contributed by atoms with Crippen LogP contribution in [0.2, 0.25) is 0 Å². The molecule has 1 atom stereocenters. The largest absolute Gasteiger partial charge is 0.496 e. The van der Waals surface area contributed by atoms with E-state index in [-0.39, 0.29) is 5.56 Å². The lowest BCUT2D eigenvalue weighted by atomic mass is 9.97. The van der Waals surface area contributed by atoms with Crippen molar-refractivity contribution in [3.05, 3.63) is 64.1 Å². The van der Waals surface area contributed by atoms with E-state index in [0.29, 0.717) is 5.92 Å². The molecular formula is C17H20N2O2. The molecule has 0 bridgehead atoms. The number of H-pyrrole nitrogens is 1. The zero-order valence-corrected chi connectivity index (χ0v) is 12.2. The fraction of sp³-hybridized carbons (Fsp3) is 0.353. The second-order valence-electron chi connectivity index (χ2n) is 5.52. The molecule has 1 N–H and O–H groups in total. The van der Waals surface area contributed by atoms with E-state index >= 15 is 0 Å². The molecule has 3 rings (SSSR count). The van der Waals surface area contributed by atoms with Gasteiger partial charge < -0.3 is 9.72 Å². The van der Waals surface area contributed by atoms with E-state index in [4.69, 9.17) is 4.74 Å². The first-order valence-electron chi connectivity index (χ1n) is 7.29. The number of nitrogens with zero attached hydrogens (tertiary/aromatic N) is 1. The van der Waals surface area contributed by atoms with Crippen LogP contribution in [0.1, 0.15) is 23.5 Å². The Morgan fingerprint density at radius 3 is 2.90 bits per heavy atom. The molecular weight excluding hydrogens is 264 g/mol. The molecule has 0 radical (unpaired) electrons. The zero-order chi connectivity index (χ0) is 14.7. The van der Waals surface area contributed by atoms with Crippen LogP contribution < -0.4 is 10.3 Å². The molecule has 2 heterocycles. The van der Waals surface area contributed by atoms with E-state index < -0.39 is 0 Å². The van der Waals surface area contributed by atoms with Crippen molar-refractivity contribution in [1.29, 1.82) is 0 Å². The number of rotatable bonds is 4. The van der Waals surface area contributed by atoms with E-state index in [9.17, 15) is 4.79 Å². The maximum atomic E-state index is 11.1. The average Bonchev–Trinajstić information content (AvgIpc) is 2.98. The van der Waals surface area contributed by atoms with Gasteiger partial charge in [0.25, 0.3) is 0 Å². The number of likely N-dealkylation sites (tertiary alicyclic amines) is 1. The highest BCUT2D eigenvalue weighted by molar-refractivity contribution is 5.37. The topological polar surface area (TPSA) is 45.3 Å². The second kappa shape index (κ2) is 6.14. The zero-order valence-electron chi connectivity index (χ0n) is 12.2. The number of ether oxygens (including phenoxy) is 1. The molecule has 1 saturated heterocycles. The fourth-order valence-electron chi connectivity index (χ4n) is 3.03. The fourth-order valence-corrected chi connectivity index (χ4v) is 3.03. The van der Waals surface area contributed by atoms with Crippen molar-refractivity contribution in [3.8, 4) is 5.75 Å². The van der Waals surface area contributed by atoms with Crippen molar-refractivity contribution in [1.82, 2.24) is 9.88 Å². The lowest BCUT2D eigenvalue weighted by Crippen LogP contribution is -2.20. The maximum absolute atomic E-state index is 11.1. The van der Waals surface area contributed by atoms with Crippen molar-refractivity contribution in [2.45, 2.75) is 18.9 Å². The molecule has 1 aliphatic heterocycles. The number of pyridine rings is 1. The third-order valence-corrected chi connectivity index (χ3v) is 4.11. The predicted octanol–water partition coefficient (Wildman–Crippen LogP) is 2.37. The first kappa shape index (κ1) is 13.9. The van der Waals surface area contributed by atoms with Gasteiger partial charge in [-0.25, -0.2) is 0 Å². The van der Waals surface area contributed by atoms with Gasteiger partial charge in [-0.1, -0.05) is 24.3 Å². The first-order chi connectivity index (χ1) is 10.3. The summed E-state index contributed by atoms with van der Waals surface area (Å²) >= 11 is 0. The SMILES string of the molecule is COc1ccccc1C1CCN(Cc2ccc(=O)[nH]c2)C1. The summed E-state index contributed by atoms with van der Waals surface area (Å²) in [5, 5.41) is 0. The van der Waals surface area contributed by atoms with Crippen LogP contribution in [0.3, 0.4) is 0 Å². The van der Waals surface area contributed by atoms with Gasteiger partial charge in [0.15, 0.2) is 0 Å². The van der Waals surface area contributed by atoms with E-state index in [1.54, 1.807) is 19.4 Å². The Hall–Kier alpha value is -2.07. The first-order valence-corrected chi connectivity index (χ1v) is 7.29. The minimum absolute atomic E-state index is 0.0490. The smallest absolute Gasteiger partial charge is 0.247 e. The van der Waals surface area contributed by atoms with Crippen molar-refractivity contribution < 1.29 is 4.74 Å². The summed E-state index contributed by atoms with van der Waals surface area (Å²) in [4.78, 5) is 16.2. The molecule has 4 nitrogen and oxygen atoms in total. The van der Waals surface area contributed by atoms with Gasteiger partial charge in [-0.3, -0.25) is 9.69 Å². The van der Waals surface area contributed by atoms with E-state index in [1.165, 1.54) is 5.56 Å². The lowest BCUT2D eigenvalue weighted by molar-refractivity contribution is 0.325. The molecule has 0 saturated carbocycles. The van der Waals surface area contributed by atoms with Crippen LogP contribution in [0.4, 0.5) is 0 Å². The van der Waals surface area contributed by atoms with Gasteiger partial charge >= 0.3 is 0 Å². The minimum atomic E-state index is -0.0490. The number of para-hydroxylation sites is 1. The number of aromatic amines is 1. The predicted molar refractivity (Wildman–Crippen MR) is 82.7 cm³/mol. The van der Waals surface area contributed by atoms with Crippen LogP contribution in [-0.4, -0.2) is 30.1 Å². The molecule has 1 aromatic heterocycles. The summed E-state index contributed by atoms with van der Waals surface area (Å²) in [6.45, 7) is 2.98. The quantitative estimate of drug-likeness (QED) is 0.937. The Balaban J connectivity index is 1.68. The normalized spacial score (nSPS) is 18.8. The molecule has 0 spiro atoms. The van der Waals surface area contributed by atoms with Gasteiger partial charge in [0.05, 0.1) is 7.11 Å². The minimum Gasteiger partial charge on any atom is -0.496 e. The summed E-state index contributed by atoms with van der Waals surface area (Å²) in [6, 6.07) is 11.8. The third kappa shape index (κ3) is 3.16. The number of aromatic nitrogens is 1. The Labute approximate surface area is 124 Å². The third-order valence-electron chi connectivity index (χ3n) is 4.11. The molecule has 1 unspecified atom stereocenters. The van der Waals surface area contributed by atoms with Gasteiger partial charge in [-0.05, 0) is 30.2 Å². The van der Waals surface area contributed by atoms with Crippen molar-refractivity contribution in [3.63, 3.8) is 0 Å². The van der Waals surface area contributed by atoms with Gasteiger partial charge in [-0.2, -0.15) is 0 Å². The number of benzene rings is 1. The molecule has 1 aromatic carbocycles. The number of hydrogen-bond acceptors (Lipinski definition) is 3. The van der Waals surface area contributed by atoms with Crippen LogP contribution >= 0.6 is 0 Å². The maximum Gasteiger partial charge on any atom is 0.247 e. The van der Waals surface area contributed by atoms with Crippen LogP contribution in [0.25, 0.3) is 0 Å². The molecule has 110 valence electrons. The molecule has 0 aliphatic carbocycles. The Kier molecular flexibility index (Phi) is 4.06. The van der Waals surface area contributed by atoms with E-state index in [2.05, 4.69) is 22.0 Å². The summed E-state index contributed by atoms with van der Waals surface area (Å²) < 4.78 is 5.47. The van der Waals surface area contributed by atoms with Gasteiger partial charge in [0.1, 0.15) is 5.75 Å².